The van der Waals surface area contributed by atoms with Gasteiger partial charge in [0, 0.05) is 37.6 Å². The number of hydrogen-bond acceptors (Lipinski definition) is 7. The van der Waals surface area contributed by atoms with Crippen molar-refractivity contribution in [1.82, 2.24) is 19.4 Å². The van der Waals surface area contributed by atoms with Gasteiger partial charge < -0.3 is 4.74 Å². The third-order valence-corrected chi connectivity index (χ3v) is 6.87. The molecule has 37 heavy (non-hydrogen) atoms. The second-order valence-electron chi connectivity index (χ2n) is 8.57. The fourth-order valence-electron chi connectivity index (χ4n) is 4.16. The second kappa shape index (κ2) is 10.0. The maximum absolute atomic E-state index is 13.3. The van der Waals surface area contributed by atoms with E-state index < -0.39 is 23.2 Å². The van der Waals surface area contributed by atoms with Crippen molar-refractivity contribution in [3.63, 3.8) is 0 Å². The number of amides is 1. The molecule has 1 fully saturated rings. The number of aromatic nitrogens is 3. The minimum Gasteiger partial charge on any atom is -0.379 e. The Kier molecular flexibility index (Phi) is 6.80. The average Bonchev–Trinajstić information content (AvgIpc) is 3.32. The fourth-order valence-corrected chi connectivity index (χ4v) is 4.86. The summed E-state index contributed by atoms with van der Waals surface area (Å²) in [6.07, 6.45) is -4.55. The van der Waals surface area contributed by atoms with Crippen molar-refractivity contribution in [3.8, 4) is 11.4 Å². The van der Waals surface area contributed by atoms with E-state index >= 15 is 0 Å². The second-order valence-corrected chi connectivity index (χ2v) is 9.42. The molecule has 5 rings (SSSR count). The number of para-hydroxylation sites is 1. The number of nitrogens with one attached hydrogen (secondary N) is 1. The van der Waals surface area contributed by atoms with Gasteiger partial charge in [0.05, 0.1) is 40.9 Å². The van der Waals surface area contributed by atoms with Gasteiger partial charge in [-0.1, -0.05) is 18.2 Å². The maximum atomic E-state index is 13.3. The number of hydrogen-bond donors (Lipinski definition) is 1. The van der Waals surface area contributed by atoms with Gasteiger partial charge in [-0.3, -0.25) is 24.4 Å². The summed E-state index contributed by atoms with van der Waals surface area (Å²) in [6.45, 7) is 3.60. The number of nitrogens with zero attached hydrogens (tertiary/aromatic N) is 4. The molecule has 2 aromatic carbocycles. The van der Waals surface area contributed by atoms with Crippen LogP contribution in [0.3, 0.4) is 0 Å². The Bertz CT molecular complexity index is 1530. The lowest BCUT2D eigenvalue weighted by Gasteiger charge is -2.25. The Labute approximate surface area is 213 Å². The van der Waals surface area contributed by atoms with Crippen molar-refractivity contribution in [2.24, 2.45) is 7.05 Å². The zero-order valence-electron chi connectivity index (χ0n) is 19.7. The van der Waals surface area contributed by atoms with E-state index in [2.05, 4.69) is 20.2 Å². The smallest absolute Gasteiger partial charge is 0.379 e. The predicted molar refractivity (Wildman–Crippen MR) is 134 cm³/mol. The number of carbonyl (C=O) groups excluding carboxylic acids is 1. The molecule has 1 N–H and O–H groups in total. The van der Waals surface area contributed by atoms with Crippen molar-refractivity contribution in [3.05, 3.63) is 75.0 Å². The quantitative estimate of drug-likeness (QED) is 0.418. The van der Waals surface area contributed by atoms with Crippen LogP contribution in [-0.2, 0) is 24.5 Å². The van der Waals surface area contributed by atoms with Crippen LogP contribution >= 0.6 is 11.3 Å². The van der Waals surface area contributed by atoms with Crippen LogP contribution in [-0.4, -0.2) is 51.6 Å². The Balaban J connectivity index is 1.47. The van der Waals surface area contributed by atoms with E-state index in [-0.39, 0.29) is 27.9 Å². The number of thiazole rings is 1. The molecule has 8 nitrogen and oxygen atoms in total. The van der Waals surface area contributed by atoms with Gasteiger partial charge in [0.15, 0.2) is 5.13 Å². The van der Waals surface area contributed by atoms with Gasteiger partial charge in [-0.25, -0.2) is 9.97 Å². The van der Waals surface area contributed by atoms with Crippen molar-refractivity contribution in [2.45, 2.75) is 12.7 Å². The van der Waals surface area contributed by atoms with Crippen molar-refractivity contribution in [2.75, 3.05) is 31.6 Å². The van der Waals surface area contributed by atoms with Crippen LogP contribution in [0.2, 0.25) is 0 Å². The molecule has 0 spiro atoms. The summed E-state index contributed by atoms with van der Waals surface area (Å²) < 4.78 is 46.3. The predicted octanol–water partition coefficient (Wildman–Crippen LogP) is 4.16. The molecular formula is C25H22F3N5O3S. The molecule has 12 heteroatoms. The van der Waals surface area contributed by atoms with E-state index in [1.165, 1.54) is 47.2 Å². The van der Waals surface area contributed by atoms with Crippen LogP contribution in [0.1, 0.15) is 21.6 Å². The van der Waals surface area contributed by atoms with Crippen molar-refractivity contribution in [1.29, 1.82) is 0 Å². The monoisotopic (exact) mass is 529 g/mol. The molecule has 4 aromatic rings. The first-order chi connectivity index (χ1) is 17.7. The molecule has 1 saturated heterocycles. The Morgan fingerprint density at radius 3 is 2.65 bits per heavy atom. The summed E-state index contributed by atoms with van der Waals surface area (Å²) in [5, 5.41) is 5.20. The molecule has 192 valence electrons. The highest BCUT2D eigenvalue weighted by molar-refractivity contribution is 7.14. The van der Waals surface area contributed by atoms with E-state index in [9.17, 15) is 22.8 Å². The van der Waals surface area contributed by atoms with Gasteiger partial charge in [0.1, 0.15) is 5.82 Å². The molecule has 1 aliphatic heterocycles. The molecule has 0 bridgehead atoms. The number of carbonyl (C=O) groups is 1. The molecule has 3 heterocycles. The standard InChI is InChI=1S/C25H22F3N5O3S/c1-32-21(15-4-2-5-16(12-15)25(26,27)28)30-20-18(6-3-7-19(20)23(32)35)22(34)31-24-29-17(14-37-24)13-33-8-10-36-11-9-33/h2-7,12,14H,8-11,13H2,1H3,(H,29,31,34). The Morgan fingerprint density at radius 1 is 1.14 bits per heavy atom. The summed E-state index contributed by atoms with van der Waals surface area (Å²) in [4.78, 5) is 37.4. The lowest BCUT2D eigenvalue weighted by molar-refractivity contribution is -0.137. The van der Waals surface area contributed by atoms with Crippen LogP contribution in [0.25, 0.3) is 22.3 Å². The van der Waals surface area contributed by atoms with Gasteiger partial charge in [-0.05, 0) is 24.3 Å². The molecular weight excluding hydrogens is 507 g/mol. The first-order valence-electron chi connectivity index (χ1n) is 11.4. The highest BCUT2D eigenvalue weighted by atomic mass is 32.1. The molecule has 0 atom stereocenters. The molecule has 0 unspecified atom stereocenters. The first kappa shape index (κ1) is 25.1. The van der Waals surface area contributed by atoms with E-state index in [0.29, 0.717) is 24.9 Å². The van der Waals surface area contributed by atoms with Crippen LogP contribution < -0.4 is 10.9 Å². The van der Waals surface area contributed by atoms with Crippen LogP contribution in [0.5, 0.6) is 0 Å². The molecule has 0 saturated carbocycles. The summed E-state index contributed by atoms with van der Waals surface area (Å²) in [7, 11) is 1.43. The van der Waals surface area contributed by atoms with E-state index in [1.54, 1.807) is 6.07 Å². The lowest BCUT2D eigenvalue weighted by Crippen LogP contribution is -2.35. The van der Waals surface area contributed by atoms with Gasteiger partial charge in [0.25, 0.3) is 11.5 Å². The number of halogens is 3. The van der Waals surface area contributed by atoms with Crippen molar-refractivity contribution >= 4 is 33.3 Å². The zero-order valence-corrected chi connectivity index (χ0v) is 20.5. The van der Waals surface area contributed by atoms with Crippen molar-refractivity contribution < 1.29 is 22.7 Å². The third kappa shape index (κ3) is 5.26. The number of morpholine rings is 1. The summed E-state index contributed by atoms with van der Waals surface area (Å²) in [5.74, 6) is -0.500. The third-order valence-electron chi connectivity index (χ3n) is 6.06. The first-order valence-corrected chi connectivity index (χ1v) is 12.3. The summed E-state index contributed by atoms with van der Waals surface area (Å²) >= 11 is 1.28. The molecule has 1 amide bonds. The fraction of sp³-hybridized carbons (Fsp3) is 0.280. The van der Waals surface area contributed by atoms with Crippen LogP contribution in [0.15, 0.2) is 52.6 Å². The number of alkyl halides is 3. The van der Waals surface area contributed by atoms with Gasteiger partial charge in [-0.2, -0.15) is 13.2 Å². The van der Waals surface area contributed by atoms with E-state index in [1.807, 2.05) is 5.38 Å². The lowest BCUT2D eigenvalue weighted by atomic mass is 10.1. The molecule has 0 radical (unpaired) electrons. The van der Waals surface area contributed by atoms with Gasteiger partial charge in [-0.15, -0.1) is 11.3 Å². The number of benzene rings is 2. The van der Waals surface area contributed by atoms with Crippen LogP contribution in [0, 0.1) is 0 Å². The molecule has 0 aliphatic carbocycles. The highest BCUT2D eigenvalue weighted by Crippen LogP contribution is 2.32. The van der Waals surface area contributed by atoms with Gasteiger partial charge >= 0.3 is 6.18 Å². The minimum absolute atomic E-state index is 0.0193. The minimum atomic E-state index is -4.55. The van der Waals surface area contributed by atoms with Crippen LogP contribution in [0.4, 0.5) is 18.3 Å². The van der Waals surface area contributed by atoms with E-state index in [4.69, 9.17) is 4.74 Å². The number of rotatable bonds is 5. The topological polar surface area (TPSA) is 89.3 Å². The number of anilines is 1. The average molecular weight is 530 g/mol. The molecule has 2 aromatic heterocycles. The highest BCUT2D eigenvalue weighted by Gasteiger charge is 2.31. The maximum Gasteiger partial charge on any atom is 0.416 e. The Hall–Kier alpha value is -3.61. The normalized spacial score (nSPS) is 14.7. The van der Waals surface area contributed by atoms with E-state index in [0.717, 1.165) is 30.9 Å². The largest absolute Gasteiger partial charge is 0.416 e. The SMILES string of the molecule is Cn1c(-c2cccc(C(F)(F)F)c2)nc2c(C(=O)Nc3nc(CN4CCOCC4)cs3)cccc2c1=O. The summed E-state index contributed by atoms with van der Waals surface area (Å²) in [6, 6.07) is 9.19. The molecule has 1 aliphatic rings. The zero-order chi connectivity index (χ0) is 26.2. The van der Waals surface area contributed by atoms with Gasteiger partial charge in [0.2, 0.25) is 0 Å². The number of ether oxygens (including phenoxy) is 1. The Morgan fingerprint density at radius 2 is 1.89 bits per heavy atom. The number of fused-ring (bicyclic) bond motifs is 1. The summed E-state index contributed by atoms with van der Waals surface area (Å²) in [5.41, 5.74) is -0.191.